The molecule has 12 heavy (non-hydrogen) atoms. The number of esters is 1. The summed E-state index contributed by atoms with van der Waals surface area (Å²) in [6, 6.07) is 9.43. The van der Waals surface area contributed by atoms with Gasteiger partial charge in [-0.3, -0.25) is 4.79 Å². The van der Waals surface area contributed by atoms with Crippen LogP contribution in [0.15, 0.2) is 43.2 Å². The number of hydrogen-bond acceptors (Lipinski definition) is 2. The summed E-state index contributed by atoms with van der Waals surface area (Å²) in [5.41, 5.74) is 0.948. The van der Waals surface area contributed by atoms with Gasteiger partial charge in [0.2, 0.25) is 0 Å². The molecule has 0 aliphatic rings. The van der Waals surface area contributed by atoms with Crippen LogP contribution in [-0.2, 0) is 16.0 Å². The van der Waals surface area contributed by atoms with Crippen LogP contribution < -0.4 is 0 Å². The smallest absolute Gasteiger partial charge is 0.315 e. The van der Waals surface area contributed by atoms with Crippen molar-refractivity contribution in [3.8, 4) is 0 Å². The lowest BCUT2D eigenvalue weighted by atomic mass is 10.2. The van der Waals surface area contributed by atoms with Gasteiger partial charge in [-0.05, 0) is 5.56 Å². The number of ether oxygens (including phenoxy) is 1. The molecule has 1 aromatic carbocycles. The van der Waals surface area contributed by atoms with Gasteiger partial charge in [0.25, 0.3) is 0 Å². The molecule has 0 saturated carbocycles. The van der Waals surface area contributed by atoms with Crippen LogP contribution in [0, 0.1) is 0 Å². The molecular formula is C10H10O2. The Kier molecular flexibility index (Phi) is 3.08. The molecule has 0 atom stereocenters. The predicted molar refractivity (Wildman–Crippen MR) is 46.4 cm³/mol. The second-order valence-electron chi connectivity index (χ2n) is 2.32. The zero-order valence-electron chi connectivity index (χ0n) is 6.69. The van der Waals surface area contributed by atoms with Crippen molar-refractivity contribution >= 4 is 5.97 Å². The van der Waals surface area contributed by atoms with Gasteiger partial charge in [0.05, 0.1) is 12.7 Å². The highest BCUT2D eigenvalue weighted by atomic mass is 16.5. The van der Waals surface area contributed by atoms with Gasteiger partial charge in [-0.25, -0.2) is 0 Å². The lowest BCUT2D eigenvalue weighted by Gasteiger charge is -1.98. The van der Waals surface area contributed by atoms with Crippen molar-refractivity contribution in [2.45, 2.75) is 6.42 Å². The molecule has 0 fully saturated rings. The van der Waals surface area contributed by atoms with Gasteiger partial charge in [-0.1, -0.05) is 36.9 Å². The summed E-state index contributed by atoms with van der Waals surface area (Å²) in [5.74, 6) is -0.281. The van der Waals surface area contributed by atoms with E-state index in [-0.39, 0.29) is 5.97 Å². The molecule has 62 valence electrons. The standard InChI is InChI=1S/C10H10O2/c1-2-12-10(11)8-9-6-4-3-5-7-9/h2-7H,1,8H2. The average Bonchev–Trinajstić information content (AvgIpc) is 2.06. The van der Waals surface area contributed by atoms with Crippen LogP contribution >= 0.6 is 0 Å². The fourth-order valence-electron chi connectivity index (χ4n) is 0.897. The first kappa shape index (κ1) is 8.53. The normalized spacial score (nSPS) is 9.00. The Balaban J connectivity index is 2.52. The van der Waals surface area contributed by atoms with Gasteiger partial charge in [-0.2, -0.15) is 0 Å². The van der Waals surface area contributed by atoms with Gasteiger partial charge >= 0.3 is 5.97 Å². The number of carbonyl (C=O) groups excluding carboxylic acids is 1. The molecule has 0 aliphatic carbocycles. The molecule has 2 nitrogen and oxygen atoms in total. The fourth-order valence-corrected chi connectivity index (χ4v) is 0.897. The highest BCUT2D eigenvalue weighted by molar-refractivity contribution is 5.72. The van der Waals surface area contributed by atoms with Gasteiger partial charge in [0.15, 0.2) is 0 Å². The number of rotatable bonds is 3. The quantitative estimate of drug-likeness (QED) is 0.501. The van der Waals surface area contributed by atoms with Crippen molar-refractivity contribution in [3.05, 3.63) is 48.7 Å². The maximum absolute atomic E-state index is 10.9. The van der Waals surface area contributed by atoms with Gasteiger partial charge < -0.3 is 4.74 Å². The summed E-state index contributed by atoms with van der Waals surface area (Å²) in [7, 11) is 0. The number of hydrogen-bond donors (Lipinski definition) is 0. The Morgan fingerprint density at radius 1 is 1.42 bits per heavy atom. The van der Waals surface area contributed by atoms with Gasteiger partial charge in [-0.15, -0.1) is 0 Å². The van der Waals surface area contributed by atoms with E-state index in [1.54, 1.807) is 0 Å². The summed E-state index contributed by atoms with van der Waals surface area (Å²) in [4.78, 5) is 10.9. The van der Waals surface area contributed by atoms with Crippen LogP contribution in [0.4, 0.5) is 0 Å². The summed E-state index contributed by atoms with van der Waals surface area (Å²) >= 11 is 0. The van der Waals surface area contributed by atoms with E-state index in [0.29, 0.717) is 6.42 Å². The molecule has 0 N–H and O–H groups in total. The minimum Gasteiger partial charge on any atom is -0.435 e. The summed E-state index contributed by atoms with van der Waals surface area (Å²) < 4.78 is 4.57. The molecule has 1 aromatic rings. The second kappa shape index (κ2) is 4.34. The molecule has 2 heteroatoms. The first-order valence-corrected chi connectivity index (χ1v) is 3.67. The van der Waals surface area contributed by atoms with Crippen LogP contribution in [0.5, 0.6) is 0 Å². The predicted octanol–water partition coefficient (Wildman–Crippen LogP) is 1.92. The molecule has 0 spiro atoms. The summed E-state index contributed by atoms with van der Waals surface area (Å²) in [5, 5.41) is 0. The molecule has 0 amide bonds. The SMILES string of the molecule is C=COC(=O)Cc1ccccc1. The van der Waals surface area contributed by atoms with E-state index in [1.165, 1.54) is 0 Å². The minimum atomic E-state index is -0.281. The number of benzene rings is 1. The van der Waals surface area contributed by atoms with Crippen molar-refractivity contribution < 1.29 is 9.53 Å². The molecule has 0 radical (unpaired) electrons. The average molecular weight is 162 g/mol. The maximum atomic E-state index is 10.9. The Morgan fingerprint density at radius 2 is 2.08 bits per heavy atom. The second-order valence-corrected chi connectivity index (χ2v) is 2.32. The van der Waals surface area contributed by atoms with Crippen molar-refractivity contribution in [2.24, 2.45) is 0 Å². The molecule has 0 unspecified atom stereocenters. The molecular weight excluding hydrogens is 152 g/mol. The molecule has 0 bridgehead atoms. The summed E-state index contributed by atoms with van der Waals surface area (Å²) in [6.07, 6.45) is 1.44. The van der Waals surface area contributed by atoms with Gasteiger partial charge in [0.1, 0.15) is 0 Å². The zero-order chi connectivity index (χ0) is 8.81. The monoisotopic (exact) mass is 162 g/mol. The third-order valence-electron chi connectivity index (χ3n) is 1.41. The lowest BCUT2D eigenvalue weighted by molar-refractivity contribution is -0.137. The first-order chi connectivity index (χ1) is 5.83. The van der Waals surface area contributed by atoms with Crippen LogP contribution in [-0.4, -0.2) is 5.97 Å². The van der Waals surface area contributed by atoms with Crippen molar-refractivity contribution in [1.82, 2.24) is 0 Å². The molecule has 0 heterocycles. The van der Waals surface area contributed by atoms with E-state index < -0.39 is 0 Å². The largest absolute Gasteiger partial charge is 0.435 e. The first-order valence-electron chi connectivity index (χ1n) is 3.67. The van der Waals surface area contributed by atoms with E-state index in [2.05, 4.69) is 11.3 Å². The van der Waals surface area contributed by atoms with Crippen LogP contribution in [0.2, 0.25) is 0 Å². The zero-order valence-corrected chi connectivity index (χ0v) is 6.69. The minimum absolute atomic E-state index is 0.281. The van der Waals surface area contributed by atoms with Crippen LogP contribution in [0.1, 0.15) is 5.56 Å². The molecule has 1 rings (SSSR count). The van der Waals surface area contributed by atoms with E-state index in [4.69, 9.17) is 0 Å². The Hall–Kier alpha value is -1.57. The van der Waals surface area contributed by atoms with E-state index >= 15 is 0 Å². The van der Waals surface area contributed by atoms with Gasteiger partial charge in [0, 0.05) is 0 Å². The maximum Gasteiger partial charge on any atom is 0.315 e. The fraction of sp³-hybridized carbons (Fsp3) is 0.100. The van der Waals surface area contributed by atoms with Crippen LogP contribution in [0.25, 0.3) is 0 Å². The van der Waals surface area contributed by atoms with Crippen molar-refractivity contribution in [3.63, 3.8) is 0 Å². The molecule has 0 saturated heterocycles. The lowest BCUT2D eigenvalue weighted by Crippen LogP contribution is -2.03. The Morgan fingerprint density at radius 3 is 2.67 bits per heavy atom. The third kappa shape index (κ3) is 2.58. The highest BCUT2D eigenvalue weighted by Crippen LogP contribution is 2.00. The number of carbonyl (C=O) groups is 1. The topological polar surface area (TPSA) is 26.3 Å². The Labute approximate surface area is 71.5 Å². The van der Waals surface area contributed by atoms with Crippen LogP contribution in [0.3, 0.4) is 0 Å². The van der Waals surface area contributed by atoms with Crippen molar-refractivity contribution in [1.29, 1.82) is 0 Å². The highest BCUT2D eigenvalue weighted by Gasteiger charge is 2.00. The third-order valence-corrected chi connectivity index (χ3v) is 1.41. The van der Waals surface area contributed by atoms with E-state index in [0.717, 1.165) is 11.8 Å². The van der Waals surface area contributed by atoms with E-state index in [9.17, 15) is 4.79 Å². The van der Waals surface area contributed by atoms with Crippen molar-refractivity contribution in [2.75, 3.05) is 0 Å². The Bertz CT molecular complexity index is 264. The molecule has 0 aliphatic heterocycles. The molecule has 0 aromatic heterocycles. The summed E-state index contributed by atoms with van der Waals surface area (Å²) in [6.45, 7) is 3.30. The van der Waals surface area contributed by atoms with E-state index in [1.807, 2.05) is 30.3 Å².